The molecular formula is C15H26N2O3. The summed E-state index contributed by atoms with van der Waals surface area (Å²) in [6, 6.07) is 0.251. The maximum absolute atomic E-state index is 12.6. The first kappa shape index (κ1) is 15.3. The summed E-state index contributed by atoms with van der Waals surface area (Å²) in [5.41, 5.74) is 0. The van der Waals surface area contributed by atoms with Crippen LogP contribution in [0.15, 0.2) is 0 Å². The molecule has 2 aliphatic rings. The molecule has 2 amide bonds. The van der Waals surface area contributed by atoms with Crippen molar-refractivity contribution in [2.24, 2.45) is 11.8 Å². The van der Waals surface area contributed by atoms with Crippen molar-refractivity contribution in [1.82, 2.24) is 9.80 Å². The Morgan fingerprint density at radius 1 is 1.20 bits per heavy atom. The predicted molar refractivity (Wildman–Crippen MR) is 76.0 cm³/mol. The van der Waals surface area contributed by atoms with Gasteiger partial charge in [0.2, 0.25) is 11.8 Å². The van der Waals surface area contributed by atoms with E-state index < -0.39 is 0 Å². The van der Waals surface area contributed by atoms with Crippen molar-refractivity contribution in [2.45, 2.75) is 45.6 Å². The Morgan fingerprint density at radius 2 is 1.95 bits per heavy atom. The maximum Gasteiger partial charge on any atom is 0.227 e. The van der Waals surface area contributed by atoms with Crippen molar-refractivity contribution in [3.8, 4) is 0 Å². The SMILES string of the molecule is CCC(=O)N1CCC(C(=O)N2CC(CO)CCC2C)C1. The molecule has 5 nitrogen and oxygen atoms in total. The van der Waals surface area contributed by atoms with Gasteiger partial charge in [0.1, 0.15) is 0 Å². The Bertz CT molecular complexity index is 372. The van der Waals surface area contributed by atoms with Gasteiger partial charge in [0.05, 0.1) is 5.92 Å². The average molecular weight is 282 g/mol. The number of likely N-dealkylation sites (tertiary alicyclic amines) is 2. The molecule has 114 valence electrons. The van der Waals surface area contributed by atoms with E-state index in [0.29, 0.717) is 26.1 Å². The highest BCUT2D eigenvalue weighted by Gasteiger charge is 2.36. The van der Waals surface area contributed by atoms with Crippen LogP contribution >= 0.6 is 0 Å². The van der Waals surface area contributed by atoms with E-state index in [1.807, 2.05) is 11.8 Å². The molecule has 20 heavy (non-hydrogen) atoms. The van der Waals surface area contributed by atoms with Crippen molar-refractivity contribution in [2.75, 3.05) is 26.2 Å². The molecule has 0 saturated carbocycles. The largest absolute Gasteiger partial charge is 0.396 e. The van der Waals surface area contributed by atoms with Gasteiger partial charge in [-0.05, 0) is 32.1 Å². The lowest BCUT2D eigenvalue weighted by Crippen LogP contribution is -2.49. The lowest BCUT2D eigenvalue weighted by molar-refractivity contribution is -0.140. The monoisotopic (exact) mass is 282 g/mol. The molecule has 0 aliphatic carbocycles. The van der Waals surface area contributed by atoms with Crippen LogP contribution in [0.4, 0.5) is 0 Å². The van der Waals surface area contributed by atoms with E-state index in [4.69, 9.17) is 0 Å². The van der Waals surface area contributed by atoms with Crippen molar-refractivity contribution >= 4 is 11.8 Å². The topological polar surface area (TPSA) is 60.9 Å². The van der Waals surface area contributed by atoms with E-state index in [9.17, 15) is 14.7 Å². The number of nitrogens with zero attached hydrogens (tertiary/aromatic N) is 2. The van der Waals surface area contributed by atoms with Crippen LogP contribution in [0.3, 0.4) is 0 Å². The summed E-state index contributed by atoms with van der Waals surface area (Å²) in [6.45, 7) is 6.02. The van der Waals surface area contributed by atoms with Crippen LogP contribution in [0.1, 0.15) is 39.5 Å². The molecule has 3 unspecified atom stereocenters. The van der Waals surface area contributed by atoms with Crippen LogP contribution in [0.2, 0.25) is 0 Å². The predicted octanol–water partition coefficient (Wildman–Crippen LogP) is 0.864. The Morgan fingerprint density at radius 3 is 2.60 bits per heavy atom. The first-order valence-electron chi connectivity index (χ1n) is 7.75. The molecule has 5 heteroatoms. The quantitative estimate of drug-likeness (QED) is 0.835. The minimum absolute atomic E-state index is 0.0506. The maximum atomic E-state index is 12.6. The second kappa shape index (κ2) is 6.57. The summed E-state index contributed by atoms with van der Waals surface area (Å²) in [6.07, 6.45) is 3.24. The highest BCUT2D eigenvalue weighted by Crippen LogP contribution is 2.26. The van der Waals surface area contributed by atoms with Crippen LogP contribution in [0, 0.1) is 11.8 Å². The van der Waals surface area contributed by atoms with E-state index in [1.165, 1.54) is 0 Å². The molecule has 0 aromatic carbocycles. The number of aliphatic hydroxyl groups is 1. The van der Waals surface area contributed by atoms with Crippen molar-refractivity contribution in [1.29, 1.82) is 0 Å². The first-order valence-corrected chi connectivity index (χ1v) is 7.75. The fraction of sp³-hybridized carbons (Fsp3) is 0.867. The van der Waals surface area contributed by atoms with E-state index >= 15 is 0 Å². The van der Waals surface area contributed by atoms with Crippen LogP contribution in [-0.4, -0.2) is 59.0 Å². The number of rotatable bonds is 3. The standard InChI is InChI=1S/C15H26N2O3/c1-3-14(19)16-7-6-13(9-16)15(20)17-8-12(10-18)5-4-11(17)2/h11-13,18H,3-10H2,1-2H3. The summed E-state index contributed by atoms with van der Waals surface area (Å²) >= 11 is 0. The van der Waals surface area contributed by atoms with Crippen molar-refractivity contribution < 1.29 is 14.7 Å². The normalized spacial score (nSPS) is 30.6. The van der Waals surface area contributed by atoms with Crippen LogP contribution < -0.4 is 0 Å². The molecule has 2 saturated heterocycles. The molecule has 2 fully saturated rings. The average Bonchev–Trinajstić information content (AvgIpc) is 2.96. The Balaban J connectivity index is 1.95. The van der Waals surface area contributed by atoms with Gasteiger partial charge in [0, 0.05) is 38.7 Å². The van der Waals surface area contributed by atoms with E-state index in [1.54, 1.807) is 4.90 Å². The Hall–Kier alpha value is -1.10. The first-order chi connectivity index (χ1) is 9.56. The summed E-state index contributed by atoms with van der Waals surface area (Å²) in [4.78, 5) is 28.1. The summed E-state index contributed by atoms with van der Waals surface area (Å²) in [5, 5.41) is 9.30. The summed E-state index contributed by atoms with van der Waals surface area (Å²) < 4.78 is 0. The second-order valence-electron chi connectivity index (χ2n) is 6.14. The zero-order valence-corrected chi connectivity index (χ0v) is 12.5. The fourth-order valence-electron chi connectivity index (χ4n) is 3.28. The van der Waals surface area contributed by atoms with E-state index in [-0.39, 0.29) is 36.3 Å². The second-order valence-corrected chi connectivity index (χ2v) is 6.14. The Kier molecular flexibility index (Phi) is 5.02. The van der Waals surface area contributed by atoms with Crippen LogP contribution in [0.5, 0.6) is 0 Å². The van der Waals surface area contributed by atoms with Gasteiger partial charge >= 0.3 is 0 Å². The van der Waals surface area contributed by atoms with Gasteiger partial charge in [0.25, 0.3) is 0 Å². The number of aliphatic hydroxyl groups excluding tert-OH is 1. The molecule has 2 rings (SSSR count). The number of hydrogen-bond donors (Lipinski definition) is 1. The van der Waals surface area contributed by atoms with Gasteiger partial charge in [-0.1, -0.05) is 6.92 Å². The molecule has 0 aromatic heterocycles. The van der Waals surface area contributed by atoms with Crippen LogP contribution in [-0.2, 0) is 9.59 Å². The van der Waals surface area contributed by atoms with E-state index in [0.717, 1.165) is 19.3 Å². The van der Waals surface area contributed by atoms with Gasteiger partial charge in [-0.2, -0.15) is 0 Å². The lowest BCUT2D eigenvalue weighted by atomic mass is 9.92. The number of hydrogen-bond acceptors (Lipinski definition) is 3. The summed E-state index contributed by atoms with van der Waals surface area (Å²) in [7, 11) is 0. The highest BCUT2D eigenvalue weighted by atomic mass is 16.3. The molecule has 0 bridgehead atoms. The molecule has 1 N–H and O–H groups in total. The van der Waals surface area contributed by atoms with Crippen molar-refractivity contribution in [3.05, 3.63) is 0 Å². The fourth-order valence-corrected chi connectivity index (χ4v) is 3.28. The van der Waals surface area contributed by atoms with Crippen molar-refractivity contribution in [3.63, 3.8) is 0 Å². The number of piperidine rings is 1. The number of carbonyl (C=O) groups is 2. The minimum atomic E-state index is -0.0506. The highest BCUT2D eigenvalue weighted by molar-refractivity contribution is 5.82. The van der Waals surface area contributed by atoms with Gasteiger partial charge < -0.3 is 14.9 Å². The molecule has 0 aromatic rings. The molecule has 0 radical (unpaired) electrons. The zero-order chi connectivity index (χ0) is 14.7. The minimum Gasteiger partial charge on any atom is -0.396 e. The van der Waals surface area contributed by atoms with Crippen LogP contribution in [0.25, 0.3) is 0 Å². The zero-order valence-electron chi connectivity index (χ0n) is 12.5. The third kappa shape index (κ3) is 3.14. The third-order valence-electron chi connectivity index (χ3n) is 4.71. The molecule has 2 aliphatic heterocycles. The third-order valence-corrected chi connectivity index (χ3v) is 4.71. The smallest absolute Gasteiger partial charge is 0.227 e. The van der Waals surface area contributed by atoms with Gasteiger partial charge in [-0.15, -0.1) is 0 Å². The number of carbonyl (C=O) groups excluding carboxylic acids is 2. The van der Waals surface area contributed by atoms with Gasteiger partial charge in [-0.3, -0.25) is 9.59 Å². The van der Waals surface area contributed by atoms with Gasteiger partial charge in [0.15, 0.2) is 0 Å². The molecular weight excluding hydrogens is 256 g/mol. The Labute approximate surface area is 120 Å². The molecule has 0 spiro atoms. The summed E-state index contributed by atoms with van der Waals surface area (Å²) in [5.74, 6) is 0.470. The lowest BCUT2D eigenvalue weighted by Gasteiger charge is -2.38. The molecule has 2 heterocycles. The van der Waals surface area contributed by atoms with E-state index in [2.05, 4.69) is 6.92 Å². The van der Waals surface area contributed by atoms with Gasteiger partial charge in [-0.25, -0.2) is 0 Å². The number of amides is 2. The molecule has 3 atom stereocenters.